The number of rotatable bonds is 3. The maximum Gasteiger partial charge on any atom is 0.227 e. The van der Waals surface area contributed by atoms with Crippen molar-refractivity contribution in [1.82, 2.24) is 9.88 Å². The average molecular weight is 264 g/mol. The molecule has 5 heteroatoms. The first-order valence-electron chi connectivity index (χ1n) is 6.45. The van der Waals surface area contributed by atoms with Gasteiger partial charge in [0.1, 0.15) is 0 Å². The second-order valence-electron chi connectivity index (χ2n) is 5.49. The number of hydrogen-bond acceptors (Lipinski definition) is 4. The van der Waals surface area contributed by atoms with Crippen LogP contribution in [0.4, 0.5) is 0 Å². The molecule has 1 atom stereocenters. The number of aromatic nitrogens is 1. The Kier molecular flexibility index (Phi) is 4.17. The van der Waals surface area contributed by atoms with Crippen LogP contribution >= 0.6 is 0 Å². The van der Waals surface area contributed by atoms with Crippen molar-refractivity contribution >= 4 is 5.91 Å². The minimum Gasteiger partial charge on any atom is -0.394 e. The molecule has 1 aromatic heterocycles. The average Bonchev–Trinajstić information content (AvgIpc) is 2.38. The lowest BCUT2D eigenvalue weighted by molar-refractivity contribution is -0.166. The zero-order chi connectivity index (χ0) is 13.9. The number of aliphatic hydroxyl groups is 1. The summed E-state index contributed by atoms with van der Waals surface area (Å²) in [6, 6.07) is 3.71. The molecule has 0 bridgehead atoms. The van der Waals surface area contributed by atoms with Crippen molar-refractivity contribution in [2.24, 2.45) is 0 Å². The van der Waals surface area contributed by atoms with Gasteiger partial charge in [0.25, 0.3) is 0 Å². The summed E-state index contributed by atoms with van der Waals surface area (Å²) in [6.07, 6.45) is 3.42. The largest absolute Gasteiger partial charge is 0.394 e. The van der Waals surface area contributed by atoms with E-state index in [0.717, 1.165) is 5.56 Å². The van der Waals surface area contributed by atoms with Crippen molar-refractivity contribution in [2.45, 2.75) is 32.0 Å². The number of morpholine rings is 1. The van der Waals surface area contributed by atoms with E-state index in [1.54, 1.807) is 17.3 Å². The van der Waals surface area contributed by atoms with E-state index in [9.17, 15) is 9.90 Å². The molecule has 104 valence electrons. The Morgan fingerprint density at radius 2 is 2.42 bits per heavy atom. The number of pyridine rings is 1. The van der Waals surface area contributed by atoms with Crippen LogP contribution in [-0.4, -0.2) is 52.3 Å². The molecule has 0 aromatic carbocycles. The van der Waals surface area contributed by atoms with E-state index in [1.165, 1.54) is 0 Å². The molecule has 1 saturated heterocycles. The molecule has 0 aliphatic carbocycles. The van der Waals surface area contributed by atoms with Crippen molar-refractivity contribution in [1.29, 1.82) is 0 Å². The van der Waals surface area contributed by atoms with Crippen molar-refractivity contribution < 1.29 is 14.6 Å². The number of ether oxygens (including phenoxy) is 1. The Balaban J connectivity index is 2.02. The highest BCUT2D eigenvalue weighted by atomic mass is 16.5. The molecule has 1 fully saturated rings. The van der Waals surface area contributed by atoms with Gasteiger partial charge >= 0.3 is 0 Å². The number of amides is 1. The van der Waals surface area contributed by atoms with Crippen molar-refractivity contribution in [3.8, 4) is 0 Å². The predicted molar refractivity (Wildman–Crippen MR) is 70.6 cm³/mol. The van der Waals surface area contributed by atoms with Crippen LogP contribution in [-0.2, 0) is 16.0 Å². The van der Waals surface area contributed by atoms with Crippen molar-refractivity contribution in [2.75, 3.05) is 19.7 Å². The van der Waals surface area contributed by atoms with Crippen LogP contribution in [0.1, 0.15) is 19.4 Å². The maximum absolute atomic E-state index is 12.3. The molecule has 0 spiro atoms. The van der Waals surface area contributed by atoms with Crippen molar-refractivity contribution in [3.05, 3.63) is 30.1 Å². The van der Waals surface area contributed by atoms with Gasteiger partial charge in [-0.25, -0.2) is 0 Å². The highest BCUT2D eigenvalue weighted by Gasteiger charge is 2.35. The SMILES string of the molecule is CC1(C)CN(C(=O)Cc2cccnc2)CC(CO)O1. The Morgan fingerprint density at radius 1 is 1.63 bits per heavy atom. The Morgan fingerprint density at radius 3 is 3.05 bits per heavy atom. The maximum atomic E-state index is 12.3. The minimum absolute atomic E-state index is 0.0443. The van der Waals surface area contributed by atoms with Crippen LogP contribution in [0.5, 0.6) is 0 Å². The third-order valence-corrected chi connectivity index (χ3v) is 3.12. The first kappa shape index (κ1) is 14.0. The summed E-state index contributed by atoms with van der Waals surface area (Å²) in [5, 5.41) is 9.24. The molecule has 2 rings (SSSR count). The number of hydrogen-bond donors (Lipinski definition) is 1. The van der Waals surface area contributed by atoms with Crippen LogP contribution < -0.4 is 0 Å². The van der Waals surface area contributed by atoms with Crippen LogP contribution in [0.3, 0.4) is 0 Å². The van der Waals surface area contributed by atoms with E-state index < -0.39 is 5.60 Å². The van der Waals surface area contributed by atoms with E-state index >= 15 is 0 Å². The van der Waals surface area contributed by atoms with E-state index in [4.69, 9.17) is 4.74 Å². The van der Waals surface area contributed by atoms with Gasteiger partial charge in [-0.3, -0.25) is 9.78 Å². The van der Waals surface area contributed by atoms with Gasteiger partial charge in [0.05, 0.1) is 24.7 Å². The predicted octanol–water partition coefficient (Wildman–Crippen LogP) is 0.622. The quantitative estimate of drug-likeness (QED) is 0.869. The van der Waals surface area contributed by atoms with Gasteiger partial charge in [0.2, 0.25) is 5.91 Å². The van der Waals surface area contributed by atoms with E-state index in [2.05, 4.69) is 4.98 Å². The number of carbonyl (C=O) groups is 1. The summed E-state index contributed by atoms with van der Waals surface area (Å²) < 4.78 is 5.70. The monoisotopic (exact) mass is 264 g/mol. The van der Waals surface area contributed by atoms with E-state index in [-0.39, 0.29) is 18.6 Å². The topological polar surface area (TPSA) is 62.7 Å². The first-order valence-corrected chi connectivity index (χ1v) is 6.45. The van der Waals surface area contributed by atoms with Crippen LogP contribution in [0.25, 0.3) is 0 Å². The lowest BCUT2D eigenvalue weighted by Crippen LogP contribution is -2.55. The molecule has 0 radical (unpaired) electrons. The molecular formula is C14H20N2O3. The summed E-state index contributed by atoms with van der Waals surface area (Å²) in [5.74, 6) is 0.0443. The Labute approximate surface area is 113 Å². The lowest BCUT2D eigenvalue weighted by Gasteiger charge is -2.42. The molecule has 1 aliphatic heterocycles. The van der Waals surface area contributed by atoms with Gasteiger partial charge < -0.3 is 14.7 Å². The molecular weight excluding hydrogens is 244 g/mol. The molecule has 5 nitrogen and oxygen atoms in total. The second-order valence-corrected chi connectivity index (χ2v) is 5.49. The lowest BCUT2D eigenvalue weighted by atomic mass is 10.0. The van der Waals surface area contributed by atoms with Crippen LogP contribution in [0, 0.1) is 0 Å². The highest BCUT2D eigenvalue weighted by Crippen LogP contribution is 2.21. The molecule has 1 N–H and O–H groups in total. The number of aliphatic hydroxyl groups excluding tert-OH is 1. The van der Waals surface area contributed by atoms with E-state index in [1.807, 2.05) is 26.0 Å². The molecule has 1 aromatic rings. The zero-order valence-electron chi connectivity index (χ0n) is 11.4. The summed E-state index contributed by atoms with van der Waals surface area (Å²) in [6.45, 7) is 4.78. The van der Waals surface area contributed by atoms with Gasteiger partial charge in [-0.15, -0.1) is 0 Å². The molecule has 1 amide bonds. The third-order valence-electron chi connectivity index (χ3n) is 3.12. The van der Waals surface area contributed by atoms with Crippen molar-refractivity contribution in [3.63, 3.8) is 0 Å². The minimum atomic E-state index is -0.420. The molecule has 2 heterocycles. The van der Waals surface area contributed by atoms with E-state index in [0.29, 0.717) is 19.5 Å². The fourth-order valence-corrected chi connectivity index (χ4v) is 2.37. The summed E-state index contributed by atoms with van der Waals surface area (Å²) in [4.78, 5) is 18.0. The van der Waals surface area contributed by atoms with Crippen LogP contribution in [0.15, 0.2) is 24.5 Å². The Hall–Kier alpha value is -1.46. The Bertz CT molecular complexity index is 434. The summed E-state index contributed by atoms with van der Waals surface area (Å²) in [7, 11) is 0. The van der Waals surface area contributed by atoms with Gasteiger partial charge in [0, 0.05) is 25.5 Å². The third kappa shape index (κ3) is 3.75. The fraction of sp³-hybridized carbons (Fsp3) is 0.571. The van der Waals surface area contributed by atoms with Crippen LogP contribution in [0.2, 0.25) is 0 Å². The molecule has 1 aliphatic rings. The highest BCUT2D eigenvalue weighted by molar-refractivity contribution is 5.78. The fourth-order valence-electron chi connectivity index (χ4n) is 2.37. The summed E-state index contributed by atoms with van der Waals surface area (Å²) >= 11 is 0. The number of carbonyl (C=O) groups excluding carboxylic acids is 1. The molecule has 19 heavy (non-hydrogen) atoms. The van der Waals surface area contributed by atoms with Gasteiger partial charge in [-0.2, -0.15) is 0 Å². The van der Waals surface area contributed by atoms with Gasteiger partial charge in [-0.1, -0.05) is 6.07 Å². The smallest absolute Gasteiger partial charge is 0.227 e. The van der Waals surface area contributed by atoms with Gasteiger partial charge in [0.15, 0.2) is 0 Å². The van der Waals surface area contributed by atoms with Gasteiger partial charge in [-0.05, 0) is 25.5 Å². The normalized spacial score (nSPS) is 22.3. The summed E-state index contributed by atoms with van der Waals surface area (Å²) in [5.41, 5.74) is 0.480. The standard InChI is InChI=1S/C14H20N2O3/c1-14(2)10-16(8-12(9-17)19-14)13(18)6-11-4-3-5-15-7-11/h3-5,7,12,17H,6,8-10H2,1-2H3. The molecule has 0 saturated carbocycles. The first-order chi connectivity index (χ1) is 9.00. The zero-order valence-corrected chi connectivity index (χ0v) is 11.4. The second kappa shape index (κ2) is 5.67. The molecule has 1 unspecified atom stereocenters. The number of nitrogens with zero attached hydrogens (tertiary/aromatic N) is 2.